The van der Waals surface area contributed by atoms with Crippen molar-refractivity contribution in [2.24, 2.45) is 5.92 Å². The van der Waals surface area contributed by atoms with Crippen molar-refractivity contribution in [3.8, 4) is 17.1 Å². The maximum Gasteiger partial charge on any atom is 0.351 e. The summed E-state index contributed by atoms with van der Waals surface area (Å²) in [5, 5.41) is 7.16. The third-order valence-electron chi connectivity index (χ3n) is 4.44. The quantitative estimate of drug-likeness (QED) is 0.720. The maximum atomic E-state index is 13.3. The van der Waals surface area contributed by atoms with Gasteiger partial charge in [-0.1, -0.05) is 0 Å². The van der Waals surface area contributed by atoms with Crippen LogP contribution in [0.1, 0.15) is 12.8 Å². The van der Waals surface area contributed by atoms with Gasteiger partial charge < -0.3 is 5.32 Å². The average Bonchev–Trinajstić information content (AvgIpc) is 3.46. The molecule has 0 atom stereocenters. The number of carbonyl (C=O) groups is 1. The highest BCUT2D eigenvalue weighted by Crippen LogP contribution is 2.27. The summed E-state index contributed by atoms with van der Waals surface area (Å²) in [6.07, 6.45) is 5.39. The number of halogens is 1. The van der Waals surface area contributed by atoms with Gasteiger partial charge in [-0.05, 0) is 55.2 Å². The third kappa shape index (κ3) is 3.79. The van der Waals surface area contributed by atoms with E-state index in [2.05, 4.69) is 15.4 Å². The van der Waals surface area contributed by atoms with Crippen molar-refractivity contribution in [2.75, 3.05) is 6.54 Å². The number of nitrogens with zero attached hydrogens (tertiary/aromatic N) is 4. The van der Waals surface area contributed by atoms with Gasteiger partial charge in [-0.2, -0.15) is 0 Å². The van der Waals surface area contributed by atoms with Crippen LogP contribution in [-0.4, -0.2) is 31.8 Å². The number of carbonyl (C=O) groups excluding carboxylic acids is 1. The minimum Gasteiger partial charge on any atom is -0.354 e. The van der Waals surface area contributed by atoms with Crippen LogP contribution in [0.4, 0.5) is 4.39 Å². The SMILES string of the molecule is O=C(Cn1nc(-c2ccc(F)cc2)n(-c2ccncc2)c1=O)NCC1CC1. The molecule has 1 aliphatic rings. The summed E-state index contributed by atoms with van der Waals surface area (Å²) < 4.78 is 15.8. The van der Waals surface area contributed by atoms with Crippen LogP contribution in [0.3, 0.4) is 0 Å². The highest BCUT2D eigenvalue weighted by atomic mass is 19.1. The predicted octanol–water partition coefficient (Wildman–Crippen LogP) is 1.76. The fourth-order valence-electron chi connectivity index (χ4n) is 2.79. The van der Waals surface area contributed by atoms with Crippen LogP contribution in [0.25, 0.3) is 17.1 Å². The summed E-state index contributed by atoms with van der Waals surface area (Å²) in [7, 11) is 0. The number of hydrogen-bond acceptors (Lipinski definition) is 4. The van der Waals surface area contributed by atoms with Crippen molar-refractivity contribution in [1.29, 1.82) is 0 Å². The lowest BCUT2D eigenvalue weighted by Gasteiger charge is -2.05. The molecule has 0 unspecified atom stereocenters. The summed E-state index contributed by atoms with van der Waals surface area (Å²) >= 11 is 0. The molecule has 0 aliphatic heterocycles. The molecule has 8 heteroatoms. The van der Waals surface area contributed by atoms with Gasteiger partial charge in [0.1, 0.15) is 12.4 Å². The second-order valence-electron chi connectivity index (χ2n) is 6.56. The van der Waals surface area contributed by atoms with Crippen LogP contribution in [0.2, 0.25) is 0 Å². The van der Waals surface area contributed by atoms with Crippen LogP contribution in [-0.2, 0) is 11.3 Å². The molecule has 27 heavy (non-hydrogen) atoms. The van der Waals surface area contributed by atoms with Gasteiger partial charge in [0, 0.05) is 24.5 Å². The van der Waals surface area contributed by atoms with Gasteiger partial charge in [0.2, 0.25) is 5.91 Å². The minimum absolute atomic E-state index is 0.169. The smallest absolute Gasteiger partial charge is 0.351 e. The van der Waals surface area contributed by atoms with E-state index >= 15 is 0 Å². The van der Waals surface area contributed by atoms with E-state index in [9.17, 15) is 14.0 Å². The molecule has 1 fully saturated rings. The first-order valence-corrected chi connectivity index (χ1v) is 8.75. The van der Waals surface area contributed by atoms with Crippen molar-refractivity contribution in [2.45, 2.75) is 19.4 Å². The molecule has 4 rings (SSSR count). The van der Waals surface area contributed by atoms with Crippen molar-refractivity contribution in [1.82, 2.24) is 24.6 Å². The van der Waals surface area contributed by atoms with Crippen molar-refractivity contribution < 1.29 is 9.18 Å². The Morgan fingerprint density at radius 2 is 1.85 bits per heavy atom. The van der Waals surface area contributed by atoms with Gasteiger partial charge in [0.05, 0.1) is 5.69 Å². The zero-order valence-electron chi connectivity index (χ0n) is 14.5. The number of nitrogens with one attached hydrogen (secondary N) is 1. The Hall–Kier alpha value is -3.29. The predicted molar refractivity (Wildman–Crippen MR) is 96.7 cm³/mol. The van der Waals surface area contributed by atoms with Gasteiger partial charge in [0.25, 0.3) is 0 Å². The van der Waals surface area contributed by atoms with Gasteiger partial charge in [0.15, 0.2) is 5.82 Å². The maximum absolute atomic E-state index is 13.3. The van der Waals surface area contributed by atoms with Crippen LogP contribution in [0.5, 0.6) is 0 Å². The van der Waals surface area contributed by atoms with Crippen molar-refractivity contribution >= 4 is 5.91 Å². The van der Waals surface area contributed by atoms with E-state index in [0.717, 1.165) is 17.5 Å². The monoisotopic (exact) mass is 367 g/mol. The zero-order valence-corrected chi connectivity index (χ0v) is 14.5. The molecule has 1 saturated carbocycles. The molecule has 0 spiro atoms. The first-order valence-electron chi connectivity index (χ1n) is 8.75. The molecule has 3 aromatic rings. The molecule has 0 saturated heterocycles. The summed E-state index contributed by atoms with van der Waals surface area (Å²) in [6, 6.07) is 9.05. The lowest BCUT2D eigenvalue weighted by Crippen LogP contribution is -2.34. The summed E-state index contributed by atoms with van der Waals surface area (Å²) in [4.78, 5) is 29.0. The molecule has 1 amide bonds. The van der Waals surface area contributed by atoms with E-state index in [-0.39, 0.29) is 18.3 Å². The number of rotatable bonds is 6. The molecule has 7 nitrogen and oxygen atoms in total. The zero-order chi connectivity index (χ0) is 18.8. The molecule has 1 aliphatic carbocycles. The fraction of sp³-hybridized carbons (Fsp3) is 0.263. The van der Waals surface area contributed by atoms with Crippen LogP contribution in [0, 0.1) is 11.7 Å². The normalized spacial score (nSPS) is 13.5. The summed E-state index contributed by atoms with van der Waals surface area (Å²) in [5.41, 5.74) is 0.698. The Bertz CT molecular complexity index is 1010. The lowest BCUT2D eigenvalue weighted by molar-refractivity contribution is -0.121. The molecule has 2 heterocycles. The van der Waals surface area contributed by atoms with Crippen molar-refractivity contribution in [3.63, 3.8) is 0 Å². The number of hydrogen-bond donors (Lipinski definition) is 1. The van der Waals surface area contributed by atoms with E-state index in [1.54, 1.807) is 36.7 Å². The topological polar surface area (TPSA) is 81.8 Å². The molecule has 2 aromatic heterocycles. The Kier molecular flexibility index (Phi) is 4.53. The lowest BCUT2D eigenvalue weighted by atomic mass is 10.2. The Labute approximate surface area is 154 Å². The van der Waals surface area contributed by atoms with Gasteiger partial charge >= 0.3 is 5.69 Å². The highest BCUT2D eigenvalue weighted by molar-refractivity contribution is 5.75. The van der Waals surface area contributed by atoms with Gasteiger partial charge in [-0.25, -0.2) is 18.4 Å². The van der Waals surface area contributed by atoms with E-state index in [1.165, 1.54) is 16.7 Å². The Balaban J connectivity index is 1.71. The van der Waals surface area contributed by atoms with E-state index < -0.39 is 5.69 Å². The van der Waals surface area contributed by atoms with Gasteiger partial charge in [-0.3, -0.25) is 9.78 Å². The molecule has 138 valence electrons. The van der Waals surface area contributed by atoms with Crippen molar-refractivity contribution in [3.05, 3.63) is 65.1 Å². The van der Waals surface area contributed by atoms with E-state index in [1.807, 2.05) is 0 Å². The molecular formula is C19H18FN5O2. The van der Waals surface area contributed by atoms with Gasteiger partial charge in [-0.15, -0.1) is 5.10 Å². The minimum atomic E-state index is -0.443. The molecule has 0 radical (unpaired) electrons. The first kappa shape index (κ1) is 17.1. The summed E-state index contributed by atoms with van der Waals surface area (Å²) in [6.45, 7) is 0.460. The summed E-state index contributed by atoms with van der Waals surface area (Å²) in [5.74, 6) is 0.250. The molecular weight excluding hydrogens is 349 g/mol. The Morgan fingerprint density at radius 3 is 2.52 bits per heavy atom. The number of benzene rings is 1. The Morgan fingerprint density at radius 1 is 1.15 bits per heavy atom. The largest absolute Gasteiger partial charge is 0.354 e. The number of aromatic nitrogens is 4. The second kappa shape index (κ2) is 7.14. The molecule has 1 N–H and O–H groups in total. The number of amides is 1. The standard InChI is InChI=1S/C19H18FN5O2/c20-15-5-3-14(4-6-15)18-23-24(12-17(26)22-11-13-1-2-13)19(27)25(18)16-7-9-21-10-8-16/h3-10,13H,1-2,11-12H2,(H,22,26). The van der Waals surface area contributed by atoms with E-state index in [0.29, 0.717) is 29.5 Å². The molecule has 1 aromatic carbocycles. The highest BCUT2D eigenvalue weighted by Gasteiger charge is 2.23. The average molecular weight is 367 g/mol. The van der Waals surface area contributed by atoms with Crippen LogP contribution in [0.15, 0.2) is 53.6 Å². The van der Waals surface area contributed by atoms with E-state index in [4.69, 9.17) is 0 Å². The number of pyridine rings is 1. The van der Waals surface area contributed by atoms with Crippen LogP contribution < -0.4 is 11.0 Å². The second-order valence-corrected chi connectivity index (χ2v) is 6.56. The fourth-order valence-corrected chi connectivity index (χ4v) is 2.79. The van der Waals surface area contributed by atoms with Crippen LogP contribution >= 0.6 is 0 Å². The third-order valence-corrected chi connectivity index (χ3v) is 4.44. The first-order chi connectivity index (χ1) is 13.1. The molecule has 0 bridgehead atoms.